The molecule has 0 aromatic carbocycles. The molecule has 0 bridgehead atoms. The molecule has 17 heavy (non-hydrogen) atoms. The highest BCUT2D eigenvalue weighted by atomic mass is 35.5. The standard InChI is InChI=1S/C12H20ClN3O/c1-7(2)11-10(13)12(14)16(15-11)8-5-3-4-6-9(8)17/h7-9,17H,3-6,14H2,1-2H3. The minimum absolute atomic E-state index is 0.0197. The number of nitrogens with zero attached hydrogens (tertiary/aromatic N) is 2. The lowest BCUT2D eigenvalue weighted by Crippen LogP contribution is -2.29. The second-order valence-corrected chi connectivity index (χ2v) is 5.48. The topological polar surface area (TPSA) is 64.1 Å². The van der Waals surface area contributed by atoms with Crippen LogP contribution in [-0.4, -0.2) is 21.0 Å². The summed E-state index contributed by atoms with van der Waals surface area (Å²) in [6.45, 7) is 4.07. The number of halogens is 1. The predicted molar refractivity (Wildman–Crippen MR) is 69.3 cm³/mol. The van der Waals surface area contributed by atoms with Gasteiger partial charge in [-0.05, 0) is 18.8 Å². The predicted octanol–water partition coefficient (Wildman–Crippen LogP) is 2.72. The van der Waals surface area contributed by atoms with Gasteiger partial charge in [-0.2, -0.15) is 5.10 Å². The minimum Gasteiger partial charge on any atom is -0.391 e. The molecule has 1 aliphatic carbocycles. The third-order valence-electron chi connectivity index (χ3n) is 3.47. The number of hydrogen-bond acceptors (Lipinski definition) is 3. The SMILES string of the molecule is CC(C)c1nn(C2CCCCC2O)c(N)c1Cl. The van der Waals surface area contributed by atoms with Crippen molar-refractivity contribution >= 4 is 17.4 Å². The molecule has 2 rings (SSSR count). The molecule has 0 radical (unpaired) electrons. The van der Waals surface area contributed by atoms with Crippen LogP contribution in [0.25, 0.3) is 0 Å². The van der Waals surface area contributed by atoms with Gasteiger partial charge in [-0.25, -0.2) is 4.68 Å². The minimum atomic E-state index is -0.359. The van der Waals surface area contributed by atoms with E-state index in [4.69, 9.17) is 17.3 Å². The van der Waals surface area contributed by atoms with E-state index in [1.807, 2.05) is 13.8 Å². The van der Waals surface area contributed by atoms with Gasteiger partial charge in [-0.1, -0.05) is 38.3 Å². The van der Waals surface area contributed by atoms with Gasteiger partial charge in [0.2, 0.25) is 0 Å². The van der Waals surface area contributed by atoms with E-state index in [1.54, 1.807) is 4.68 Å². The van der Waals surface area contributed by atoms with E-state index in [2.05, 4.69) is 5.10 Å². The van der Waals surface area contributed by atoms with Crippen molar-refractivity contribution in [1.82, 2.24) is 9.78 Å². The van der Waals surface area contributed by atoms with Crippen LogP contribution in [0.1, 0.15) is 57.2 Å². The first-order valence-electron chi connectivity index (χ1n) is 6.23. The average molecular weight is 258 g/mol. The van der Waals surface area contributed by atoms with Gasteiger partial charge in [0, 0.05) is 0 Å². The molecule has 96 valence electrons. The molecule has 0 aliphatic heterocycles. The zero-order valence-electron chi connectivity index (χ0n) is 10.4. The molecule has 5 heteroatoms. The number of aromatic nitrogens is 2. The molecule has 1 fully saturated rings. The molecule has 3 N–H and O–H groups in total. The molecule has 4 nitrogen and oxygen atoms in total. The smallest absolute Gasteiger partial charge is 0.141 e. The Morgan fingerprint density at radius 1 is 1.41 bits per heavy atom. The van der Waals surface area contributed by atoms with Crippen LogP contribution in [-0.2, 0) is 0 Å². The molecular weight excluding hydrogens is 238 g/mol. The number of aliphatic hydroxyl groups excluding tert-OH is 1. The van der Waals surface area contributed by atoms with Crippen LogP contribution < -0.4 is 5.73 Å². The first-order chi connectivity index (χ1) is 8.02. The molecule has 1 heterocycles. The van der Waals surface area contributed by atoms with Crippen LogP contribution in [0.15, 0.2) is 0 Å². The summed E-state index contributed by atoms with van der Waals surface area (Å²) in [5.41, 5.74) is 6.81. The number of hydrogen-bond donors (Lipinski definition) is 2. The summed E-state index contributed by atoms with van der Waals surface area (Å²) < 4.78 is 1.72. The van der Waals surface area contributed by atoms with Gasteiger partial charge in [0.25, 0.3) is 0 Å². The average Bonchev–Trinajstić information content (AvgIpc) is 2.57. The molecule has 1 aliphatic rings. The van der Waals surface area contributed by atoms with E-state index in [1.165, 1.54) is 0 Å². The van der Waals surface area contributed by atoms with Crippen molar-refractivity contribution in [2.45, 2.75) is 57.6 Å². The monoisotopic (exact) mass is 257 g/mol. The maximum atomic E-state index is 10.0. The largest absolute Gasteiger partial charge is 0.391 e. The van der Waals surface area contributed by atoms with Crippen molar-refractivity contribution in [3.8, 4) is 0 Å². The summed E-state index contributed by atoms with van der Waals surface area (Å²) in [6.07, 6.45) is 3.56. The zero-order chi connectivity index (χ0) is 12.6. The van der Waals surface area contributed by atoms with Crippen LogP contribution >= 0.6 is 11.6 Å². The van der Waals surface area contributed by atoms with Crippen molar-refractivity contribution in [2.75, 3.05) is 5.73 Å². The van der Waals surface area contributed by atoms with Gasteiger partial charge >= 0.3 is 0 Å². The molecule has 0 amide bonds. The molecule has 2 unspecified atom stereocenters. The molecular formula is C12H20ClN3O. The highest BCUT2D eigenvalue weighted by Crippen LogP contribution is 2.35. The summed E-state index contributed by atoms with van der Waals surface area (Å²) >= 11 is 6.19. The molecule has 2 atom stereocenters. The highest BCUT2D eigenvalue weighted by Gasteiger charge is 2.29. The Kier molecular flexibility index (Phi) is 3.64. The van der Waals surface area contributed by atoms with Crippen molar-refractivity contribution in [3.63, 3.8) is 0 Å². The Bertz CT molecular complexity index is 403. The molecule has 1 saturated carbocycles. The normalized spacial score (nSPS) is 25.5. The summed E-state index contributed by atoms with van der Waals surface area (Å²) in [4.78, 5) is 0. The van der Waals surface area contributed by atoms with Crippen LogP contribution in [0.5, 0.6) is 0 Å². The van der Waals surface area contributed by atoms with Crippen molar-refractivity contribution in [1.29, 1.82) is 0 Å². The first kappa shape index (κ1) is 12.7. The Hall–Kier alpha value is -0.740. The van der Waals surface area contributed by atoms with E-state index in [9.17, 15) is 5.11 Å². The van der Waals surface area contributed by atoms with Crippen molar-refractivity contribution in [3.05, 3.63) is 10.7 Å². The second-order valence-electron chi connectivity index (χ2n) is 5.10. The third-order valence-corrected chi connectivity index (χ3v) is 3.85. The van der Waals surface area contributed by atoms with Crippen LogP contribution in [0.4, 0.5) is 5.82 Å². The van der Waals surface area contributed by atoms with Gasteiger partial charge in [-0.3, -0.25) is 0 Å². The van der Waals surface area contributed by atoms with E-state index < -0.39 is 0 Å². The summed E-state index contributed by atoms with van der Waals surface area (Å²) in [6, 6.07) is -0.0197. The molecule has 0 saturated heterocycles. The molecule has 1 aromatic heterocycles. The number of aliphatic hydroxyl groups is 1. The van der Waals surface area contributed by atoms with Gasteiger partial charge in [0.1, 0.15) is 10.8 Å². The van der Waals surface area contributed by atoms with Gasteiger partial charge < -0.3 is 10.8 Å². The fourth-order valence-electron chi connectivity index (χ4n) is 2.44. The highest BCUT2D eigenvalue weighted by molar-refractivity contribution is 6.33. The number of rotatable bonds is 2. The van der Waals surface area contributed by atoms with Crippen LogP contribution in [0, 0.1) is 0 Å². The Balaban J connectivity index is 2.34. The number of nitrogens with two attached hydrogens (primary N) is 1. The van der Waals surface area contributed by atoms with E-state index >= 15 is 0 Å². The Labute approximate surface area is 107 Å². The summed E-state index contributed by atoms with van der Waals surface area (Å²) in [5, 5.41) is 15.0. The third kappa shape index (κ3) is 2.29. The van der Waals surface area contributed by atoms with E-state index in [0.29, 0.717) is 10.8 Å². The summed E-state index contributed by atoms with van der Waals surface area (Å²) in [5.74, 6) is 0.730. The number of anilines is 1. The quantitative estimate of drug-likeness (QED) is 0.856. The Morgan fingerprint density at radius 3 is 2.59 bits per heavy atom. The summed E-state index contributed by atoms with van der Waals surface area (Å²) in [7, 11) is 0. The Morgan fingerprint density at radius 2 is 2.06 bits per heavy atom. The second kappa shape index (κ2) is 4.86. The van der Waals surface area contributed by atoms with Crippen molar-refractivity contribution < 1.29 is 5.11 Å². The van der Waals surface area contributed by atoms with Gasteiger partial charge in [0.15, 0.2) is 0 Å². The van der Waals surface area contributed by atoms with Crippen LogP contribution in [0.2, 0.25) is 5.02 Å². The lowest BCUT2D eigenvalue weighted by atomic mass is 9.93. The van der Waals surface area contributed by atoms with Crippen LogP contribution in [0.3, 0.4) is 0 Å². The fourth-order valence-corrected chi connectivity index (χ4v) is 2.79. The van der Waals surface area contributed by atoms with E-state index in [-0.39, 0.29) is 18.1 Å². The maximum absolute atomic E-state index is 10.0. The van der Waals surface area contributed by atoms with Gasteiger partial charge in [0.05, 0.1) is 17.8 Å². The lowest BCUT2D eigenvalue weighted by Gasteiger charge is -2.28. The lowest BCUT2D eigenvalue weighted by molar-refractivity contribution is 0.0703. The zero-order valence-corrected chi connectivity index (χ0v) is 11.1. The molecule has 0 spiro atoms. The molecule has 1 aromatic rings. The first-order valence-corrected chi connectivity index (χ1v) is 6.61. The fraction of sp³-hybridized carbons (Fsp3) is 0.750. The van der Waals surface area contributed by atoms with Gasteiger partial charge in [-0.15, -0.1) is 0 Å². The van der Waals surface area contributed by atoms with Crippen molar-refractivity contribution in [2.24, 2.45) is 0 Å². The maximum Gasteiger partial charge on any atom is 0.141 e. The number of nitrogen functional groups attached to an aromatic ring is 1. The van der Waals surface area contributed by atoms with E-state index in [0.717, 1.165) is 31.4 Å².